The molecular formula is C24H17N3O4. The van der Waals surface area contributed by atoms with Crippen LogP contribution in [0.4, 0.5) is 5.69 Å². The Balaban J connectivity index is 1.72. The van der Waals surface area contributed by atoms with E-state index in [9.17, 15) is 14.9 Å². The lowest BCUT2D eigenvalue weighted by molar-refractivity contribution is -0.386. The van der Waals surface area contributed by atoms with Gasteiger partial charge in [0.2, 0.25) is 18.0 Å². The Morgan fingerprint density at radius 1 is 0.968 bits per heavy atom. The molecule has 0 N–H and O–H groups in total. The van der Waals surface area contributed by atoms with Crippen LogP contribution in [0.15, 0.2) is 84.0 Å². The van der Waals surface area contributed by atoms with Gasteiger partial charge >= 0.3 is 0 Å². The highest BCUT2D eigenvalue weighted by Crippen LogP contribution is 2.38. The van der Waals surface area contributed by atoms with Gasteiger partial charge in [0.1, 0.15) is 0 Å². The summed E-state index contributed by atoms with van der Waals surface area (Å²) in [6.07, 6.45) is -1.02. The van der Waals surface area contributed by atoms with Crippen molar-refractivity contribution < 1.29 is 14.5 Å². The molecule has 0 aliphatic carbocycles. The fraction of sp³-hybridized carbons (Fsp3) is 0.0833. The molecule has 7 nitrogen and oxygen atoms in total. The van der Waals surface area contributed by atoms with Gasteiger partial charge < -0.3 is 4.74 Å². The number of hydrogen-bond donors (Lipinski definition) is 0. The molecule has 4 aromatic rings. The Bertz CT molecular complexity index is 1340. The van der Waals surface area contributed by atoms with E-state index in [2.05, 4.69) is 11.2 Å². The van der Waals surface area contributed by atoms with Crippen molar-refractivity contribution in [1.82, 2.24) is 5.01 Å². The number of hydrazone groups is 1. The smallest absolute Gasteiger partial charge is 0.278 e. The molecule has 0 saturated carbocycles. The lowest BCUT2D eigenvalue weighted by atomic mass is 9.96. The molecule has 1 unspecified atom stereocenters. The van der Waals surface area contributed by atoms with Crippen molar-refractivity contribution in [3.8, 4) is 0 Å². The van der Waals surface area contributed by atoms with E-state index in [0.717, 1.165) is 32.1 Å². The van der Waals surface area contributed by atoms with E-state index in [-0.39, 0.29) is 23.1 Å². The van der Waals surface area contributed by atoms with Crippen LogP contribution in [0.3, 0.4) is 0 Å². The number of benzene rings is 4. The van der Waals surface area contributed by atoms with E-state index >= 15 is 0 Å². The maximum absolute atomic E-state index is 12.4. The Kier molecular flexibility index (Phi) is 4.36. The number of carbonyl (C=O) groups is 1. The van der Waals surface area contributed by atoms with Crippen molar-refractivity contribution >= 4 is 39.0 Å². The first-order chi connectivity index (χ1) is 15.0. The average molecular weight is 411 g/mol. The van der Waals surface area contributed by atoms with E-state index < -0.39 is 11.2 Å². The zero-order valence-corrected chi connectivity index (χ0v) is 16.6. The highest BCUT2D eigenvalue weighted by Gasteiger charge is 2.37. The molecule has 31 heavy (non-hydrogen) atoms. The van der Waals surface area contributed by atoms with Gasteiger partial charge in [0.05, 0.1) is 16.1 Å². The van der Waals surface area contributed by atoms with Crippen molar-refractivity contribution in [2.45, 2.75) is 13.2 Å². The number of nitro groups is 1. The van der Waals surface area contributed by atoms with E-state index in [4.69, 9.17) is 4.74 Å². The summed E-state index contributed by atoms with van der Waals surface area (Å²) in [4.78, 5) is 23.5. The minimum absolute atomic E-state index is 0.127. The first-order valence-electron chi connectivity index (χ1n) is 9.74. The Hall–Kier alpha value is -4.26. The van der Waals surface area contributed by atoms with Crippen LogP contribution in [-0.2, 0) is 9.53 Å². The molecule has 1 aliphatic heterocycles. The molecule has 0 spiro atoms. The number of hydrogen-bond acceptors (Lipinski definition) is 5. The van der Waals surface area contributed by atoms with Crippen molar-refractivity contribution in [3.05, 3.63) is 100 Å². The van der Waals surface area contributed by atoms with Crippen molar-refractivity contribution in [2.24, 2.45) is 5.10 Å². The van der Waals surface area contributed by atoms with Gasteiger partial charge in [-0.3, -0.25) is 14.9 Å². The topological polar surface area (TPSA) is 85.0 Å². The number of para-hydroxylation sites is 1. The number of rotatable bonds is 3. The molecule has 5 rings (SSSR count). The van der Waals surface area contributed by atoms with Crippen LogP contribution in [0.2, 0.25) is 0 Å². The van der Waals surface area contributed by atoms with Gasteiger partial charge in [-0.05, 0) is 33.7 Å². The molecule has 1 heterocycles. The minimum atomic E-state index is -1.02. The zero-order valence-electron chi connectivity index (χ0n) is 16.6. The highest BCUT2D eigenvalue weighted by molar-refractivity contribution is 6.18. The summed E-state index contributed by atoms with van der Waals surface area (Å²) in [7, 11) is 0. The van der Waals surface area contributed by atoms with Gasteiger partial charge in [-0.15, -0.1) is 5.10 Å². The van der Waals surface area contributed by atoms with Gasteiger partial charge in [0.25, 0.3) is 5.69 Å². The molecular weight excluding hydrogens is 394 g/mol. The van der Waals surface area contributed by atoms with Crippen LogP contribution < -0.4 is 0 Å². The molecule has 1 amide bonds. The molecule has 0 saturated heterocycles. The third-order valence-electron chi connectivity index (χ3n) is 5.35. The number of fused-ring (bicyclic) bond motifs is 2. The lowest BCUT2D eigenvalue weighted by Gasteiger charge is -2.19. The second kappa shape index (κ2) is 7.21. The summed E-state index contributed by atoms with van der Waals surface area (Å²) in [6, 6.07) is 24.0. The summed E-state index contributed by atoms with van der Waals surface area (Å²) >= 11 is 0. The first-order valence-corrected chi connectivity index (χ1v) is 9.74. The summed E-state index contributed by atoms with van der Waals surface area (Å²) in [5.41, 5.74) is 0.894. The van der Waals surface area contributed by atoms with Gasteiger partial charge in [-0.2, -0.15) is 5.01 Å². The fourth-order valence-corrected chi connectivity index (χ4v) is 3.98. The summed E-state index contributed by atoms with van der Waals surface area (Å²) in [6.45, 7) is 1.36. The normalized spacial score (nSPS) is 15.7. The standard InChI is InChI=1S/C24H17N3O4/c1-15(28)26-24(20-12-6-7-13-21(20)27(29)30)31-23(25-26)22-18-10-4-2-8-16(18)14-17-9-3-5-11-19(17)22/h2-14,24H,1H3. The summed E-state index contributed by atoms with van der Waals surface area (Å²) in [5.74, 6) is -0.117. The van der Waals surface area contributed by atoms with E-state index in [1.165, 1.54) is 13.0 Å². The number of amides is 1. The van der Waals surface area contributed by atoms with Gasteiger partial charge in [-0.25, -0.2) is 0 Å². The molecule has 152 valence electrons. The van der Waals surface area contributed by atoms with Gasteiger partial charge in [0, 0.05) is 13.0 Å². The molecule has 4 aromatic carbocycles. The molecule has 0 aromatic heterocycles. The molecule has 1 aliphatic rings. The fourth-order valence-electron chi connectivity index (χ4n) is 3.98. The van der Waals surface area contributed by atoms with Crippen LogP contribution in [0.5, 0.6) is 0 Å². The van der Waals surface area contributed by atoms with E-state index in [1.807, 2.05) is 48.5 Å². The van der Waals surface area contributed by atoms with E-state index in [1.54, 1.807) is 18.2 Å². The maximum atomic E-state index is 12.4. The van der Waals surface area contributed by atoms with Crippen molar-refractivity contribution in [1.29, 1.82) is 0 Å². The minimum Gasteiger partial charge on any atom is -0.445 e. The zero-order chi connectivity index (χ0) is 21.5. The lowest BCUT2D eigenvalue weighted by Crippen LogP contribution is -2.25. The third-order valence-corrected chi connectivity index (χ3v) is 5.35. The number of ether oxygens (including phenoxy) is 1. The quantitative estimate of drug-likeness (QED) is 0.265. The van der Waals surface area contributed by atoms with Crippen LogP contribution in [-0.4, -0.2) is 21.7 Å². The number of carbonyl (C=O) groups excluding carboxylic acids is 1. The predicted molar refractivity (Wildman–Crippen MR) is 117 cm³/mol. The van der Waals surface area contributed by atoms with Crippen molar-refractivity contribution in [2.75, 3.05) is 0 Å². The summed E-state index contributed by atoms with van der Waals surface area (Å²) in [5, 5.41) is 21.1. The van der Waals surface area contributed by atoms with Crippen LogP contribution >= 0.6 is 0 Å². The number of nitrogens with zero attached hydrogens (tertiary/aromatic N) is 3. The molecule has 1 atom stereocenters. The monoisotopic (exact) mass is 411 g/mol. The van der Waals surface area contributed by atoms with Gasteiger partial charge in [0.15, 0.2) is 0 Å². The SMILES string of the molecule is CC(=O)N1N=C(c2c3ccccc3cc3ccccc23)OC1c1ccccc1[N+](=O)[O-]. The van der Waals surface area contributed by atoms with Gasteiger partial charge in [-0.1, -0.05) is 60.7 Å². The second-order valence-corrected chi connectivity index (χ2v) is 7.25. The summed E-state index contributed by atoms with van der Waals surface area (Å²) < 4.78 is 6.17. The van der Waals surface area contributed by atoms with E-state index in [0.29, 0.717) is 0 Å². The van der Waals surface area contributed by atoms with Crippen molar-refractivity contribution in [3.63, 3.8) is 0 Å². The van der Waals surface area contributed by atoms with Crippen LogP contribution in [0.1, 0.15) is 24.3 Å². The Morgan fingerprint density at radius 2 is 1.55 bits per heavy atom. The Labute approximate surface area is 177 Å². The molecule has 7 heteroatoms. The van der Waals surface area contributed by atoms with Crippen LogP contribution in [0.25, 0.3) is 21.5 Å². The number of nitro benzene ring substituents is 1. The van der Waals surface area contributed by atoms with Crippen LogP contribution in [0, 0.1) is 10.1 Å². The molecule has 0 fully saturated rings. The predicted octanol–water partition coefficient (Wildman–Crippen LogP) is 5.14. The highest BCUT2D eigenvalue weighted by atomic mass is 16.6. The molecule has 0 radical (unpaired) electrons. The largest absolute Gasteiger partial charge is 0.445 e. The average Bonchev–Trinajstić information content (AvgIpc) is 3.22. The molecule has 0 bridgehead atoms. The second-order valence-electron chi connectivity index (χ2n) is 7.25. The maximum Gasteiger partial charge on any atom is 0.278 e. The Morgan fingerprint density at radius 3 is 2.16 bits per heavy atom. The third kappa shape index (κ3) is 3.07. The first kappa shape index (κ1) is 18.7.